The van der Waals surface area contributed by atoms with Gasteiger partial charge in [-0.15, -0.1) is 0 Å². The minimum Gasteiger partial charge on any atom is -0.367 e. The van der Waals surface area contributed by atoms with E-state index >= 15 is 0 Å². The molecular formula is C29H26ClN3O3. The van der Waals surface area contributed by atoms with E-state index in [0.717, 1.165) is 37.1 Å². The number of barbiturate groups is 1. The number of hydrogen-bond donors (Lipinski definition) is 0. The summed E-state index contributed by atoms with van der Waals surface area (Å²) in [4.78, 5) is 47.6. The fraction of sp³-hybridized carbons (Fsp3) is 0.276. The molecule has 7 heteroatoms. The molecule has 3 heterocycles. The number of hydrogen-bond acceptors (Lipinski definition) is 4. The van der Waals surface area contributed by atoms with Crippen LogP contribution in [0.2, 0.25) is 5.02 Å². The minimum absolute atomic E-state index is 0.221. The number of anilines is 3. The van der Waals surface area contributed by atoms with Crippen LogP contribution < -0.4 is 14.7 Å². The maximum Gasteiger partial charge on any atom is 0.342 e. The Bertz CT molecular complexity index is 1280. The molecule has 0 saturated carbocycles. The van der Waals surface area contributed by atoms with E-state index in [0.29, 0.717) is 22.8 Å². The lowest BCUT2D eigenvalue weighted by molar-refractivity contribution is -0.143. The summed E-state index contributed by atoms with van der Waals surface area (Å²) in [6, 6.07) is 22.4. The molecular weight excluding hydrogens is 474 g/mol. The molecule has 1 atom stereocenters. The number of nitrogens with zero attached hydrogens (tertiary/aromatic N) is 3. The minimum atomic E-state index is -1.44. The van der Waals surface area contributed by atoms with Crippen LogP contribution in [0.3, 0.4) is 0 Å². The number of halogens is 1. The van der Waals surface area contributed by atoms with Crippen molar-refractivity contribution >= 4 is 46.5 Å². The van der Waals surface area contributed by atoms with E-state index in [-0.39, 0.29) is 12.5 Å². The molecule has 2 fully saturated rings. The lowest BCUT2D eigenvalue weighted by Crippen LogP contribution is -2.73. The van der Waals surface area contributed by atoms with Crippen molar-refractivity contribution in [2.24, 2.45) is 5.41 Å². The molecule has 3 aromatic rings. The summed E-state index contributed by atoms with van der Waals surface area (Å²) in [7, 11) is 0. The molecule has 0 radical (unpaired) electrons. The van der Waals surface area contributed by atoms with Gasteiger partial charge in [-0.1, -0.05) is 66.9 Å². The zero-order valence-corrected chi connectivity index (χ0v) is 20.5. The van der Waals surface area contributed by atoms with Crippen molar-refractivity contribution in [1.29, 1.82) is 0 Å². The number of carbonyl (C=O) groups excluding carboxylic acids is 3. The number of para-hydroxylation sites is 2. The smallest absolute Gasteiger partial charge is 0.342 e. The van der Waals surface area contributed by atoms with Crippen LogP contribution >= 0.6 is 11.6 Å². The molecule has 182 valence electrons. The molecule has 3 aliphatic rings. The number of imide groups is 2. The lowest BCUT2D eigenvalue weighted by atomic mass is 9.66. The highest BCUT2D eigenvalue weighted by Gasteiger charge is 2.64. The Morgan fingerprint density at radius 1 is 0.750 bits per heavy atom. The van der Waals surface area contributed by atoms with Crippen molar-refractivity contribution < 1.29 is 14.4 Å². The van der Waals surface area contributed by atoms with E-state index in [1.165, 1.54) is 9.80 Å². The standard InChI is InChI=1S/C29H26ClN3O3/c30-21-16-15-20-19-29(25-14-8-3-9-17-31(25)24(20)18-21)26(34)32(22-10-4-1-5-11-22)28(36)33(27(29)35)23-12-6-2-7-13-23/h1-2,4-7,10-13,15-16,18,25H,3,8-9,14,17,19H2/t25-/m0/s1. The second-order valence-electron chi connectivity index (χ2n) is 9.71. The highest BCUT2D eigenvalue weighted by Crippen LogP contribution is 2.50. The molecule has 3 aliphatic heterocycles. The van der Waals surface area contributed by atoms with Gasteiger partial charge < -0.3 is 4.90 Å². The first-order valence-corrected chi connectivity index (χ1v) is 12.8. The second kappa shape index (κ2) is 8.79. The van der Waals surface area contributed by atoms with E-state index in [4.69, 9.17) is 11.6 Å². The summed E-state index contributed by atoms with van der Waals surface area (Å²) in [6.45, 7) is 0.727. The molecule has 0 unspecified atom stereocenters. The van der Waals surface area contributed by atoms with Crippen molar-refractivity contribution in [3.63, 3.8) is 0 Å². The van der Waals surface area contributed by atoms with Crippen molar-refractivity contribution in [3.05, 3.63) is 89.4 Å². The van der Waals surface area contributed by atoms with Crippen LogP contribution in [0.5, 0.6) is 0 Å². The third-order valence-corrected chi connectivity index (χ3v) is 7.96. The Balaban J connectivity index is 1.60. The van der Waals surface area contributed by atoms with Gasteiger partial charge in [-0.25, -0.2) is 14.6 Å². The fourth-order valence-electron chi connectivity index (χ4n) is 6.09. The predicted molar refractivity (Wildman–Crippen MR) is 140 cm³/mol. The summed E-state index contributed by atoms with van der Waals surface area (Å²) in [5.41, 5.74) is 1.36. The van der Waals surface area contributed by atoms with Crippen LogP contribution in [0, 0.1) is 5.41 Å². The van der Waals surface area contributed by atoms with Gasteiger partial charge in [-0.2, -0.15) is 0 Å². The highest BCUT2D eigenvalue weighted by atomic mass is 35.5. The predicted octanol–water partition coefficient (Wildman–Crippen LogP) is 5.83. The number of amides is 4. The van der Waals surface area contributed by atoms with Crippen LogP contribution in [0.15, 0.2) is 78.9 Å². The SMILES string of the molecule is O=C1N(c2ccccc2)C(=O)C2(Cc3ccc(Cl)cc3N3CCCCC[C@H]32)C(=O)N1c1ccccc1. The van der Waals surface area contributed by atoms with Gasteiger partial charge in [0.2, 0.25) is 0 Å². The van der Waals surface area contributed by atoms with Crippen molar-refractivity contribution in [1.82, 2.24) is 0 Å². The van der Waals surface area contributed by atoms with Crippen LogP contribution in [0.25, 0.3) is 0 Å². The maximum atomic E-state index is 14.5. The normalized spacial score (nSPS) is 21.3. The van der Waals surface area contributed by atoms with Crippen molar-refractivity contribution in [2.45, 2.75) is 38.1 Å². The summed E-state index contributed by atoms with van der Waals surface area (Å²) < 4.78 is 0. The van der Waals surface area contributed by atoms with Gasteiger partial charge in [-0.05, 0) is 61.2 Å². The molecule has 1 spiro atoms. The quantitative estimate of drug-likeness (QED) is 0.416. The number of fused-ring (bicyclic) bond motifs is 4. The average Bonchev–Trinajstić information content (AvgIpc) is 3.16. The number of carbonyl (C=O) groups is 3. The molecule has 0 aliphatic carbocycles. The third-order valence-electron chi connectivity index (χ3n) is 7.73. The molecule has 6 nitrogen and oxygen atoms in total. The molecule has 36 heavy (non-hydrogen) atoms. The zero-order chi connectivity index (χ0) is 24.9. The van der Waals surface area contributed by atoms with Crippen molar-refractivity contribution in [3.8, 4) is 0 Å². The molecule has 3 aromatic carbocycles. The lowest BCUT2D eigenvalue weighted by Gasteiger charge is -2.53. The molecule has 0 N–H and O–H groups in total. The number of urea groups is 1. The molecule has 4 amide bonds. The Morgan fingerprint density at radius 2 is 1.36 bits per heavy atom. The Labute approximate surface area is 215 Å². The van der Waals surface area contributed by atoms with Crippen molar-refractivity contribution in [2.75, 3.05) is 21.2 Å². The van der Waals surface area contributed by atoms with Crippen LogP contribution in [0.4, 0.5) is 21.9 Å². The first-order valence-electron chi connectivity index (χ1n) is 12.4. The molecule has 6 rings (SSSR count). The second-order valence-corrected chi connectivity index (χ2v) is 10.2. The van der Waals surface area contributed by atoms with Gasteiger partial charge in [0.15, 0.2) is 5.41 Å². The summed E-state index contributed by atoms with van der Waals surface area (Å²) in [6.07, 6.45) is 3.79. The first-order chi connectivity index (χ1) is 17.5. The van der Waals surface area contributed by atoms with E-state index in [1.807, 2.05) is 24.3 Å². The van der Waals surface area contributed by atoms with Gasteiger partial charge >= 0.3 is 6.03 Å². The van der Waals surface area contributed by atoms with Gasteiger partial charge in [0, 0.05) is 17.3 Å². The molecule has 2 saturated heterocycles. The van der Waals surface area contributed by atoms with E-state index in [1.54, 1.807) is 54.6 Å². The van der Waals surface area contributed by atoms with E-state index in [9.17, 15) is 14.4 Å². The van der Waals surface area contributed by atoms with E-state index in [2.05, 4.69) is 4.90 Å². The first kappa shape index (κ1) is 22.8. The topological polar surface area (TPSA) is 60.9 Å². The Kier molecular flexibility index (Phi) is 5.56. The molecule has 0 aromatic heterocycles. The summed E-state index contributed by atoms with van der Waals surface area (Å²) in [5, 5.41) is 0.626. The monoisotopic (exact) mass is 499 g/mol. The highest BCUT2D eigenvalue weighted by molar-refractivity contribution is 6.39. The zero-order valence-electron chi connectivity index (χ0n) is 19.8. The molecule has 0 bridgehead atoms. The summed E-state index contributed by atoms with van der Waals surface area (Å²) >= 11 is 6.39. The van der Waals surface area contributed by atoms with Gasteiger partial charge in [0.25, 0.3) is 11.8 Å². The third kappa shape index (κ3) is 3.35. The van der Waals surface area contributed by atoms with E-state index < -0.39 is 23.3 Å². The van der Waals surface area contributed by atoms with Crippen LogP contribution in [-0.2, 0) is 16.0 Å². The Morgan fingerprint density at radius 3 is 1.97 bits per heavy atom. The fourth-order valence-corrected chi connectivity index (χ4v) is 6.26. The largest absolute Gasteiger partial charge is 0.367 e. The number of benzene rings is 3. The Hall–Kier alpha value is -3.64. The van der Waals surface area contributed by atoms with Crippen LogP contribution in [0.1, 0.15) is 31.2 Å². The number of rotatable bonds is 2. The van der Waals surface area contributed by atoms with Gasteiger partial charge in [-0.3, -0.25) is 9.59 Å². The maximum absolute atomic E-state index is 14.5. The average molecular weight is 500 g/mol. The van der Waals surface area contributed by atoms with Crippen LogP contribution in [-0.4, -0.2) is 30.4 Å². The van der Waals surface area contributed by atoms with Gasteiger partial charge in [0.05, 0.1) is 17.4 Å². The summed E-state index contributed by atoms with van der Waals surface area (Å²) in [5.74, 6) is -0.901. The van der Waals surface area contributed by atoms with Gasteiger partial charge in [0.1, 0.15) is 0 Å².